The van der Waals surface area contributed by atoms with Gasteiger partial charge < -0.3 is 4.74 Å². The fraction of sp³-hybridized carbons (Fsp3) is 0.125. The summed E-state index contributed by atoms with van der Waals surface area (Å²) in [4.78, 5) is 18.0. The number of thiazole rings is 1. The molecule has 0 N–H and O–H groups in total. The van der Waals surface area contributed by atoms with Crippen molar-refractivity contribution in [1.29, 1.82) is 0 Å². The Hall–Kier alpha value is -3.22. The summed E-state index contributed by atoms with van der Waals surface area (Å²) in [5.41, 5.74) is 3.59. The molecule has 1 aliphatic rings. The average molecular weight is 448 g/mol. The Morgan fingerprint density at radius 2 is 1.81 bits per heavy atom. The quantitative estimate of drug-likeness (QED) is 0.388. The van der Waals surface area contributed by atoms with E-state index in [1.165, 1.54) is 11.3 Å². The van der Waals surface area contributed by atoms with Gasteiger partial charge in [-0.2, -0.15) is 5.10 Å². The number of carbonyl (C=O) groups is 1. The zero-order chi connectivity index (χ0) is 21.4. The second-order valence-electron chi connectivity index (χ2n) is 7.18. The lowest BCUT2D eigenvalue weighted by Gasteiger charge is -2.21. The Labute approximate surface area is 188 Å². The number of carbonyl (C=O) groups excluding carboxylic acids is 1. The number of nitrogens with zero attached hydrogens (tertiary/aromatic N) is 3. The number of hydrogen-bond donors (Lipinski definition) is 0. The molecule has 7 heteroatoms. The van der Waals surface area contributed by atoms with Crippen LogP contribution in [0, 0.1) is 0 Å². The monoisotopic (exact) mass is 447 g/mol. The largest absolute Gasteiger partial charge is 0.497 e. The number of rotatable bonds is 4. The third kappa shape index (κ3) is 3.80. The number of hydrazone groups is 1. The topological polar surface area (TPSA) is 54.8 Å². The van der Waals surface area contributed by atoms with E-state index in [1.54, 1.807) is 12.1 Å². The minimum absolute atomic E-state index is 0.203. The van der Waals surface area contributed by atoms with E-state index in [9.17, 15) is 4.79 Å². The minimum Gasteiger partial charge on any atom is -0.497 e. The maximum Gasteiger partial charge on any atom is 0.303 e. The summed E-state index contributed by atoms with van der Waals surface area (Å²) in [7, 11) is 1.63. The Morgan fingerprint density at radius 1 is 1.06 bits per heavy atom. The van der Waals surface area contributed by atoms with Gasteiger partial charge in [-0.15, -0.1) is 11.3 Å². The lowest BCUT2D eigenvalue weighted by molar-refractivity contribution is 0.0711. The molecule has 0 saturated heterocycles. The Morgan fingerprint density at radius 3 is 2.52 bits per heavy atom. The van der Waals surface area contributed by atoms with Crippen LogP contribution in [0.4, 0.5) is 0 Å². The standard InChI is InChI=1S/C24H18ClN3O2S/c1-30-18-12-8-16(9-13-18)21-14-20(15-6-10-17(25)11-7-15)27-28(21)24(29)23-26-19-4-2-3-5-22(19)31-23/h2-13,21H,14H2,1H3. The van der Waals surface area contributed by atoms with Gasteiger partial charge in [0.1, 0.15) is 5.75 Å². The highest BCUT2D eigenvalue weighted by Gasteiger charge is 2.35. The van der Waals surface area contributed by atoms with Crippen molar-refractivity contribution >= 4 is 44.8 Å². The van der Waals surface area contributed by atoms with Crippen LogP contribution in [0.2, 0.25) is 5.02 Å². The molecule has 0 spiro atoms. The van der Waals surface area contributed by atoms with Crippen LogP contribution >= 0.6 is 22.9 Å². The SMILES string of the molecule is COc1ccc(C2CC(c3ccc(Cl)cc3)=NN2C(=O)c2nc3ccccc3s2)cc1. The third-order valence-corrected chi connectivity index (χ3v) is 6.55. The van der Waals surface area contributed by atoms with Gasteiger partial charge in [0.25, 0.3) is 0 Å². The van der Waals surface area contributed by atoms with Gasteiger partial charge in [-0.1, -0.05) is 48.0 Å². The first-order chi connectivity index (χ1) is 15.1. The van der Waals surface area contributed by atoms with Crippen molar-refractivity contribution in [1.82, 2.24) is 9.99 Å². The maximum atomic E-state index is 13.5. The number of ether oxygens (including phenoxy) is 1. The van der Waals surface area contributed by atoms with Crippen molar-refractivity contribution in [2.24, 2.45) is 5.10 Å². The maximum absolute atomic E-state index is 13.5. The van der Waals surface area contributed by atoms with Gasteiger partial charge in [-0.3, -0.25) is 4.79 Å². The molecule has 4 aromatic rings. The molecular weight excluding hydrogens is 430 g/mol. The first-order valence-electron chi connectivity index (χ1n) is 9.79. The molecule has 31 heavy (non-hydrogen) atoms. The number of fused-ring (bicyclic) bond motifs is 1. The van der Waals surface area contributed by atoms with E-state index in [0.29, 0.717) is 16.5 Å². The summed E-state index contributed by atoms with van der Waals surface area (Å²) >= 11 is 7.43. The van der Waals surface area contributed by atoms with Gasteiger partial charge in [0.05, 0.1) is 29.1 Å². The molecule has 5 nitrogen and oxygen atoms in total. The van der Waals surface area contributed by atoms with Gasteiger partial charge in [0.2, 0.25) is 0 Å². The molecule has 0 bridgehead atoms. The fourth-order valence-electron chi connectivity index (χ4n) is 3.66. The van der Waals surface area contributed by atoms with Gasteiger partial charge >= 0.3 is 5.91 Å². The van der Waals surface area contributed by atoms with Crippen LogP contribution in [-0.4, -0.2) is 28.7 Å². The van der Waals surface area contributed by atoms with Crippen LogP contribution in [0.25, 0.3) is 10.2 Å². The third-order valence-electron chi connectivity index (χ3n) is 5.27. The molecule has 0 radical (unpaired) electrons. The van der Waals surface area contributed by atoms with Crippen molar-refractivity contribution in [2.45, 2.75) is 12.5 Å². The van der Waals surface area contributed by atoms with Gasteiger partial charge in [-0.05, 0) is 47.5 Å². The molecule has 1 atom stereocenters. The summed E-state index contributed by atoms with van der Waals surface area (Å²) in [6.07, 6.45) is 0.602. The normalized spacial score (nSPS) is 15.9. The van der Waals surface area contributed by atoms with E-state index >= 15 is 0 Å². The van der Waals surface area contributed by atoms with E-state index in [1.807, 2.05) is 72.8 Å². The fourth-order valence-corrected chi connectivity index (χ4v) is 4.69. The highest BCUT2D eigenvalue weighted by Crippen LogP contribution is 2.36. The average Bonchev–Trinajstić information content (AvgIpc) is 3.44. The van der Waals surface area contributed by atoms with Crippen molar-refractivity contribution in [3.63, 3.8) is 0 Å². The Balaban J connectivity index is 1.54. The molecule has 1 aromatic heterocycles. The summed E-state index contributed by atoms with van der Waals surface area (Å²) in [6.45, 7) is 0. The molecule has 1 unspecified atom stereocenters. The molecule has 154 valence electrons. The number of hydrogen-bond acceptors (Lipinski definition) is 5. The predicted molar refractivity (Wildman–Crippen MR) is 124 cm³/mol. The smallest absolute Gasteiger partial charge is 0.303 e. The van der Waals surface area contributed by atoms with Crippen LogP contribution in [0.5, 0.6) is 5.75 Å². The predicted octanol–water partition coefficient (Wildman–Crippen LogP) is 5.95. The number of para-hydroxylation sites is 1. The molecule has 2 heterocycles. The van der Waals surface area contributed by atoms with Crippen LogP contribution < -0.4 is 4.74 Å². The lowest BCUT2D eigenvalue weighted by atomic mass is 9.98. The van der Waals surface area contributed by atoms with E-state index in [2.05, 4.69) is 4.98 Å². The second kappa shape index (κ2) is 8.13. The highest BCUT2D eigenvalue weighted by atomic mass is 35.5. The van der Waals surface area contributed by atoms with E-state index in [0.717, 1.165) is 32.8 Å². The highest BCUT2D eigenvalue weighted by molar-refractivity contribution is 7.20. The molecule has 0 saturated carbocycles. The zero-order valence-corrected chi connectivity index (χ0v) is 18.2. The van der Waals surface area contributed by atoms with E-state index in [4.69, 9.17) is 21.4 Å². The molecule has 0 fully saturated rings. The number of methoxy groups -OCH3 is 1. The first-order valence-corrected chi connectivity index (χ1v) is 11.0. The Kier molecular flexibility index (Phi) is 5.18. The van der Waals surface area contributed by atoms with Crippen LogP contribution in [0.15, 0.2) is 77.9 Å². The van der Waals surface area contributed by atoms with Crippen LogP contribution in [0.3, 0.4) is 0 Å². The summed E-state index contributed by atoms with van der Waals surface area (Å²) in [6, 6.07) is 22.8. The number of benzene rings is 3. The number of amides is 1. The van der Waals surface area contributed by atoms with Crippen molar-refractivity contribution < 1.29 is 9.53 Å². The molecule has 1 aliphatic heterocycles. The van der Waals surface area contributed by atoms with Gasteiger partial charge in [0, 0.05) is 11.4 Å². The van der Waals surface area contributed by atoms with Gasteiger partial charge in [-0.25, -0.2) is 9.99 Å². The molecule has 3 aromatic carbocycles. The summed E-state index contributed by atoms with van der Waals surface area (Å²) < 4.78 is 6.26. The summed E-state index contributed by atoms with van der Waals surface area (Å²) in [5, 5.41) is 7.38. The number of aromatic nitrogens is 1. The summed E-state index contributed by atoms with van der Waals surface area (Å²) in [5.74, 6) is 0.565. The van der Waals surface area contributed by atoms with E-state index < -0.39 is 0 Å². The van der Waals surface area contributed by atoms with Crippen molar-refractivity contribution in [3.05, 3.63) is 94.0 Å². The molecule has 5 rings (SSSR count). The molecular formula is C24H18ClN3O2S. The van der Waals surface area contributed by atoms with E-state index in [-0.39, 0.29) is 11.9 Å². The second-order valence-corrected chi connectivity index (χ2v) is 8.65. The number of halogens is 1. The van der Waals surface area contributed by atoms with Crippen molar-refractivity contribution in [3.8, 4) is 5.75 Å². The zero-order valence-electron chi connectivity index (χ0n) is 16.7. The Bertz CT molecular complexity index is 1250. The molecule has 1 amide bonds. The first kappa shape index (κ1) is 19.7. The van der Waals surface area contributed by atoms with Crippen LogP contribution in [0.1, 0.15) is 33.4 Å². The molecule has 0 aliphatic carbocycles. The van der Waals surface area contributed by atoms with Gasteiger partial charge in [0.15, 0.2) is 5.01 Å². The van der Waals surface area contributed by atoms with Crippen LogP contribution in [-0.2, 0) is 0 Å². The minimum atomic E-state index is -0.226. The lowest BCUT2D eigenvalue weighted by Crippen LogP contribution is -2.27. The van der Waals surface area contributed by atoms with Crippen molar-refractivity contribution in [2.75, 3.05) is 7.11 Å².